The van der Waals surface area contributed by atoms with Crippen LogP contribution < -0.4 is 0 Å². The average molecular weight is 250 g/mol. The van der Waals surface area contributed by atoms with Crippen LogP contribution in [0.3, 0.4) is 0 Å². The van der Waals surface area contributed by atoms with Gasteiger partial charge in [0, 0.05) is 0 Å². The van der Waals surface area contributed by atoms with Gasteiger partial charge in [-0.1, -0.05) is 66.2 Å². The van der Waals surface area contributed by atoms with Crippen LogP contribution in [0.1, 0.15) is 91.9 Å². The Kier molecular flexibility index (Phi) is 4.44. The highest BCUT2D eigenvalue weighted by molar-refractivity contribution is 4.97. The molecule has 0 atom stereocenters. The average Bonchev–Trinajstić information content (AvgIpc) is 2.29. The van der Waals surface area contributed by atoms with E-state index in [0.29, 0.717) is 10.8 Å². The van der Waals surface area contributed by atoms with Gasteiger partial charge in [0.1, 0.15) is 0 Å². The second-order valence-corrected chi connectivity index (χ2v) is 8.15. The Balaban J connectivity index is 2.21. The van der Waals surface area contributed by atoms with Gasteiger partial charge in [0.2, 0.25) is 0 Å². The van der Waals surface area contributed by atoms with Gasteiger partial charge in [0.25, 0.3) is 0 Å². The Morgan fingerprint density at radius 2 is 0.944 bits per heavy atom. The Hall–Kier alpha value is 0. The van der Waals surface area contributed by atoms with Gasteiger partial charge in [0.15, 0.2) is 0 Å². The summed E-state index contributed by atoms with van der Waals surface area (Å²) in [5, 5.41) is 0. The Bertz CT molecular complexity index is 227. The molecule has 2 aliphatic carbocycles. The monoisotopic (exact) mass is 250 g/mol. The molecule has 0 radical (unpaired) electrons. The first kappa shape index (κ1) is 14.4. The van der Waals surface area contributed by atoms with Crippen molar-refractivity contribution in [3.63, 3.8) is 0 Å². The largest absolute Gasteiger partial charge is 0.0625 e. The molecule has 0 nitrogen and oxygen atoms in total. The molecule has 0 aromatic rings. The summed E-state index contributed by atoms with van der Waals surface area (Å²) in [6.07, 6.45) is 14.9. The summed E-state index contributed by atoms with van der Waals surface area (Å²) in [4.78, 5) is 0. The molecule has 0 amide bonds. The molecule has 0 N–H and O–H groups in total. The predicted molar refractivity (Wildman–Crippen MR) is 80.7 cm³/mol. The lowest BCUT2D eigenvalue weighted by atomic mass is 9.52. The van der Waals surface area contributed by atoms with E-state index in [2.05, 4.69) is 27.7 Å². The number of rotatable bonds is 3. The van der Waals surface area contributed by atoms with E-state index in [9.17, 15) is 0 Å². The molecule has 18 heavy (non-hydrogen) atoms. The van der Waals surface area contributed by atoms with Crippen molar-refractivity contribution in [2.24, 2.45) is 22.7 Å². The van der Waals surface area contributed by atoms with Crippen LogP contribution in [-0.2, 0) is 0 Å². The third kappa shape index (κ3) is 2.78. The third-order valence-electron chi connectivity index (χ3n) is 6.16. The summed E-state index contributed by atoms with van der Waals surface area (Å²) < 4.78 is 0. The smallest absolute Gasteiger partial charge is 0.0283 e. The summed E-state index contributed by atoms with van der Waals surface area (Å²) in [5.41, 5.74) is 1.27. The number of hydrogen-bond acceptors (Lipinski definition) is 0. The lowest BCUT2D eigenvalue weighted by Gasteiger charge is -2.53. The lowest BCUT2D eigenvalue weighted by molar-refractivity contribution is -0.0373. The Morgan fingerprint density at radius 1 is 0.611 bits per heavy atom. The molecular weight excluding hydrogens is 216 g/mol. The minimum absolute atomic E-state index is 0.637. The second-order valence-electron chi connectivity index (χ2n) is 8.15. The Labute approximate surface area is 115 Å². The van der Waals surface area contributed by atoms with Crippen LogP contribution >= 0.6 is 0 Å². The fourth-order valence-electron chi connectivity index (χ4n) is 5.79. The van der Waals surface area contributed by atoms with Crippen molar-refractivity contribution in [1.29, 1.82) is 0 Å². The SMILES string of the molecule is CC(C)C(C1(C)CCCCC1)C1(C)CCCCC1. The fourth-order valence-corrected chi connectivity index (χ4v) is 5.79. The quantitative estimate of drug-likeness (QED) is 0.559. The highest BCUT2D eigenvalue weighted by atomic mass is 14.5. The third-order valence-corrected chi connectivity index (χ3v) is 6.16. The molecule has 2 rings (SSSR count). The fraction of sp³-hybridized carbons (Fsp3) is 1.00. The van der Waals surface area contributed by atoms with Gasteiger partial charge in [-0.25, -0.2) is 0 Å². The van der Waals surface area contributed by atoms with Crippen molar-refractivity contribution in [1.82, 2.24) is 0 Å². The van der Waals surface area contributed by atoms with Crippen molar-refractivity contribution in [2.45, 2.75) is 91.9 Å². The molecule has 0 saturated heterocycles. The molecule has 0 unspecified atom stereocenters. The van der Waals surface area contributed by atoms with Crippen LogP contribution in [0.25, 0.3) is 0 Å². The molecule has 0 heteroatoms. The maximum Gasteiger partial charge on any atom is -0.0283 e. The van der Waals surface area contributed by atoms with Crippen LogP contribution in [0, 0.1) is 22.7 Å². The summed E-state index contributed by atoms with van der Waals surface area (Å²) in [7, 11) is 0. The molecule has 2 aliphatic rings. The van der Waals surface area contributed by atoms with Gasteiger partial charge in [0.05, 0.1) is 0 Å². The molecule has 2 saturated carbocycles. The minimum atomic E-state index is 0.637. The van der Waals surface area contributed by atoms with E-state index < -0.39 is 0 Å². The van der Waals surface area contributed by atoms with Crippen molar-refractivity contribution in [3.05, 3.63) is 0 Å². The summed E-state index contributed by atoms with van der Waals surface area (Å²) in [6.45, 7) is 10.2. The first-order chi connectivity index (χ1) is 8.48. The van der Waals surface area contributed by atoms with Crippen LogP contribution in [0.2, 0.25) is 0 Å². The van der Waals surface area contributed by atoms with E-state index in [1.165, 1.54) is 64.2 Å². The van der Waals surface area contributed by atoms with Gasteiger partial charge in [-0.05, 0) is 48.3 Å². The first-order valence-electron chi connectivity index (χ1n) is 8.48. The van der Waals surface area contributed by atoms with Crippen molar-refractivity contribution >= 4 is 0 Å². The van der Waals surface area contributed by atoms with E-state index in [-0.39, 0.29) is 0 Å². The summed E-state index contributed by atoms with van der Waals surface area (Å²) in [6, 6.07) is 0. The van der Waals surface area contributed by atoms with Crippen LogP contribution in [0.15, 0.2) is 0 Å². The maximum atomic E-state index is 2.62. The molecule has 0 aliphatic heterocycles. The normalized spacial score (nSPS) is 27.7. The minimum Gasteiger partial charge on any atom is -0.0625 e. The van der Waals surface area contributed by atoms with Crippen molar-refractivity contribution < 1.29 is 0 Å². The zero-order chi connectivity index (χ0) is 13.2. The molecular formula is C18H34. The standard InChI is InChI=1S/C18H34/c1-15(2)16(17(3)11-7-5-8-12-17)18(4)13-9-6-10-14-18/h15-16H,5-14H2,1-4H3. The predicted octanol–water partition coefficient (Wildman–Crippen LogP) is 6.20. The van der Waals surface area contributed by atoms with E-state index in [4.69, 9.17) is 0 Å². The summed E-state index contributed by atoms with van der Waals surface area (Å²) in [5.74, 6) is 1.81. The number of hydrogen-bond donors (Lipinski definition) is 0. The van der Waals surface area contributed by atoms with Crippen LogP contribution in [0.4, 0.5) is 0 Å². The highest BCUT2D eigenvalue weighted by Crippen LogP contribution is 2.57. The van der Waals surface area contributed by atoms with E-state index in [1.54, 1.807) is 0 Å². The van der Waals surface area contributed by atoms with E-state index in [0.717, 1.165) is 11.8 Å². The van der Waals surface area contributed by atoms with Crippen LogP contribution in [-0.4, -0.2) is 0 Å². The van der Waals surface area contributed by atoms with Gasteiger partial charge in [-0.3, -0.25) is 0 Å². The lowest BCUT2D eigenvalue weighted by Crippen LogP contribution is -2.45. The first-order valence-corrected chi connectivity index (χ1v) is 8.48. The van der Waals surface area contributed by atoms with Crippen LogP contribution in [0.5, 0.6) is 0 Å². The zero-order valence-corrected chi connectivity index (χ0v) is 13.2. The zero-order valence-electron chi connectivity index (χ0n) is 13.2. The maximum absolute atomic E-state index is 2.62. The van der Waals surface area contributed by atoms with E-state index in [1.807, 2.05) is 0 Å². The molecule has 0 spiro atoms. The van der Waals surface area contributed by atoms with E-state index >= 15 is 0 Å². The Morgan fingerprint density at radius 3 is 1.22 bits per heavy atom. The summed E-state index contributed by atoms with van der Waals surface area (Å²) >= 11 is 0. The van der Waals surface area contributed by atoms with Gasteiger partial charge < -0.3 is 0 Å². The molecule has 0 aromatic heterocycles. The molecule has 2 fully saturated rings. The second kappa shape index (κ2) is 5.55. The topological polar surface area (TPSA) is 0 Å². The van der Waals surface area contributed by atoms with Gasteiger partial charge in [-0.2, -0.15) is 0 Å². The molecule has 0 aromatic carbocycles. The molecule has 0 heterocycles. The highest BCUT2D eigenvalue weighted by Gasteiger charge is 2.47. The van der Waals surface area contributed by atoms with Gasteiger partial charge in [-0.15, -0.1) is 0 Å². The van der Waals surface area contributed by atoms with Crippen molar-refractivity contribution in [3.8, 4) is 0 Å². The van der Waals surface area contributed by atoms with Gasteiger partial charge >= 0.3 is 0 Å². The van der Waals surface area contributed by atoms with Crippen molar-refractivity contribution in [2.75, 3.05) is 0 Å². The molecule has 106 valence electrons. The molecule has 0 bridgehead atoms.